The lowest BCUT2D eigenvalue weighted by Gasteiger charge is -2.35. The molecule has 1 heterocycles. The highest BCUT2D eigenvalue weighted by Gasteiger charge is 2.22. The molecule has 2 aromatic rings. The maximum absolute atomic E-state index is 13.1. The second kappa shape index (κ2) is 9.55. The minimum atomic E-state index is -3.58. The smallest absolute Gasteiger partial charge is 0.242 e. The molecule has 3 rings (SSSR count). The Labute approximate surface area is 177 Å². The Morgan fingerprint density at radius 2 is 1.67 bits per heavy atom. The third-order valence-electron chi connectivity index (χ3n) is 5.14. The van der Waals surface area contributed by atoms with Crippen LogP contribution in [0.15, 0.2) is 53.4 Å². The molecule has 1 aliphatic rings. The van der Waals surface area contributed by atoms with Gasteiger partial charge >= 0.3 is 0 Å². The summed E-state index contributed by atoms with van der Waals surface area (Å²) < 4.78 is 39.2. The molecule has 1 fully saturated rings. The van der Waals surface area contributed by atoms with Crippen LogP contribution in [0.25, 0.3) is 0 Å². The van der Waals surface area contributed by atoms with E-state index in [1.807, 2.05) is 0 Å². The molecular formula is C21H27FN4O3S. The van der Waals surface area contributed by atoms with Crippen molar-refractivity contribution in [3.63, 3.8) is 0 Å². The summed E-state index contributed by atoms with van der Waals surface area (Å²) >= 11 is 0. The van der Waals surface area contributed by atoms with Crippen molar-refractivity contribution >= 4 is 21.6 Å². The van der Waals surface area contributed by atoms with Gasteiger partial charge in [-0.3, -0.25) is 9.69 Å². The van der Waals surface area contributed by atoms with Crippen molar-refractivity contribution in [2.45, 2.75) is 11.4 Å². The van der Waals surface area contributed by atoms with Crippen molar-refractivity contribution in [1.82, 2.24) is 14.5 Å². The molecule has 7 nitrogen and oxygen atoms in total. The molecule has 30 heavy (non-hydrogen) atoms. The van der Waals surface area contributed by atoms with E-state index in [1.165, 1.54) is 26.2 Å². The van der Waals surface area contributed by atoms with Crippen molar-refractivity contribution in [3.05, 3.63) is 59.9 Å². The van der Waals surface area contributed by atoms with Gasteiger partial charge in [-0.25, -0.2) is 17.1 Å². The molecule has 0 spiro atoms. The number of benzene rings is 2. The van der Waals surface area contributed by atoms with E-state index in [4.69, 9.17) is 0 Å². The van der Waals surface area contributed by atoms with E-state index in [-0.39, 0.29) is 29.7 Å². The number of nitrogens with zero attached hydrogens (tertiary/aromatic N) is 3. The van der Waals surface area contributed by atoms with Crippen LogP contribution in [0.1, 0.15) is 5.56 Å². The first-order valence-corrected chi connectivity index (χ1v) is 11.2. The third-order valence-corrected chi connectivity index (χ3v) is 7.05. The van der Waals surface area contributed by atoms with Crippen LogP contribution < -0.4 is 10.2 Å². The van der Waals surface area contributed by atoms with Crippen molar-refractivity contribution in [3.8, 4) is 0 Å². The molecule has 9 heteroatoms. The molecule has 162 valence electrons. The Bertz CT molecular complexity index is 972. The zero-order valence-corrected chi connectivity index (χ0v) is 18.0. The van der Waals surface area contributed by atoms with E-state index >= 15 is 0 Å². The van der Waals surface area contributed by atoms with Crippen LogP contribution in [0.4, 0.5) is 10.1 Å². The fourth-order valence-electron chi connectivity index (χ4n) is 3.37. The summed E-state index contributed by atoms with van der Waals surface area (Å²) in [5.41, 5.74) is 1.53. The monoisotopic (exact) mass is 434 g/mol. The molecular weight excluding hydrogens is 407 g/mol. The Balaban J connectivity index is 1.51. The van der Waals surface area contributed by atoms with Gasteiger partial charge in [0.1, 0.15) is 5.82 Å². The fourth-order valence-corrected chi connectivity index (χ4v) is 4.48. The van der Waals surface area contributed by atoms with Gasteiger partial charge in [-0.05, 0) is 35.9 Å². The lowest BCUT2D eigenvalue weighted by molar-refractivity contribution is -0.122. The molecule has 2 aromatic carbocycles. The molecule has 0 aliphatic carbocycles. The van der Waals surface area contributed by atoms with Gasteiger partial charge in [0.05, 0.1) is 11.4 Å². The van der Waals surface area contributed by atoms with Gasteiger partial charge in [-0.15, -0.1) is 0 Å². The molecule has 0 saturated carbocycles. The molecule has 0 radical (unpaired) electrons. The molecule has 0 atom stereocenters. The highest BCUT2D eigenvalue weighted by molar-refractivity contribution is 7.89. The summed E-state index contributed by atoms with van der Waals surface area (Å²) in [5, 5.41) is 2.83. The number of hydrogen-bond acceptors (Lipinski definition) is 5. The molecule has 1 amide bonds. The number of nitrogens with one attached hydrogen (secondary N) is 1. The summed E-state index contributed by atoms with van der Waals surface area (Å²) in [4.78, 5) is 16.8. The van der Waals surface area contributed by atoms with E-state index in [0.717, 1.165) is 36.2 Å². The maximum atomic E-state index is 13.1. The van der Waals surface area contributed by atoms with E-state index in [1.54, 1.807) is 36.4 Å². The second-order valence-corrected chi connectivity index (χ2v) is 9.53. The average Bonchev–Trinajstić information content (AvgIpc) is 2.73. The second-order valence-electron chi connectivity index (χ2n) is 7.41. The first-order chi connectivity index (χ1) is 14.3. The number of rotatable bonds is 7. The van der Waals surface area contributed by atoms with Crippen LogP contribution in [0.5, 0.6) is 0 Å². The molecule has 0 aromatic heterocycles. The number of anilines is 1. The van der Waals surface area contributed by atoms with Crippen LogP contribution >= 0.6 is 0 Å². The van der Waals surface area contributed by atoms with Gasteiger partial charge in [0.2, 0.25) is 15.9 Å². The van der Waals surface area contributed by atoms with Crippen molar-refractivity contribution < 1.29 is 17.6 Å². The van der Waals surface area contributed by atoms with E-state index in [0.29, 0.717) is 5.56 Å². The number of halogens is 1. The molecule has 0 bridgehead atoms. The predicted octanol–water partition coefficient (Wildman–Crippen LogP) is 1.51. The summed E-state index contributed by atoms with van der Waals surface area (Å²) in [6.45, 7) is 3.34. The summed E-state index contributed by atoms with van der Waals surface area (Å²) in [7, 11) is -0.610. The number of hydrogen-bond donors (Lipinski definition) is 1. The molecule has 0 unspecified atom stereocenters. The minimum absolute atomic E-state index is 0.150. The number of piperazine rings is 1. The van der Waals surface area contributed by atoms with Crippen LogP contribution in [-0.2, 0) is 21.4 Å². The third kappa shape index (κ3) is 5.35. The number of amides is 1. The topological polar surface area (TPSA) is 73.0 Å². The maximum Gasteiger partial charge on any atom is 0.242 e. The minimum Gasteiger partial charge on any atom is -0.369 e. The predicted molar refractivity (Wildman–Crippen MR) is 114 cm³/mol. The van der Waals surface area contributed by atoms with Crippen LogP contribution in [0.3, 0.4) is 0 Å². The van der Waals surface area contributed by atoms with Gasteiger partial charge in [0, 0.05) is 52.5 Å². The van der Waals surface area contributed by atoms with Gasteiger partial charge in [-0.2, -0.15) is 0 Å². The van der Waals surface area contributed by atoms with Crippen LogP contribution in [0.2, 0.25) is 0 Å². The van der Waals surface area contributed by atoms with Gasteiger partial charge in [-0.1, -0.05) is 18.2 Å². The number of carbonyl (C=O) groups excluding carboxylic acids is 1. The van der Waals surface area contributed by atoms with Gasteiger partial charge < -0.3 is 10.2 Å². The molecule has 1 saturated heterocycles. The van der Waals surface area contributed by atoms with Gasteiger partial charge in [0.25, 0.3) is 0 Å². The number of carbonyl (C=O) groups is 1. The largest absolute Gasteiger partial charge is 0.369 e. The Morgan fingerprint density at radius 1 is 1.03 bits per heavy atom. The Morgan fingerprint density at radius 3 is 2.30 bits per heavy atom. The average molecular weight is 435 g/mol. The van der Waals surface area contributed by atoms with E-state index in [2.05, 4.69) is 15.1 Å². The normalized spacial score (nSPS) is 15.4. The van der Waals surface area contributed by atoms with Gasteiger partial charge in [0.15, 0.2) is 0 Å². The van der Waals surface area contributed by atoms with E-state index in [9.17, 15) is 17.6 Å². The van der Waals surface area contributed by atoms with E-state index < -0.39 is 10.0 Å². The first-order valence-electron chi connectivity index (χ1n) is 9.77. The standard InChI is InChI=1S/C21H27FN4O3S/c1-24(2)30(28,29)20-6-4-3-5-17(20)15-23-21(27)16-25-11-13-26(14-12-25)19-9-7-18(22)8-10-19/h3-10H,11-16H2,1-2H3,(H,23,27). The fraction of sp³-hybridized carbons (Fsp3) is 0.381. The van der Waals surface area contributed by atoms with Crippen LogP contribution in [-0.4, -0.2) is 70.3 Å². The SMILES string of the molecule is CN(C)S(=O)(=O)c1ccccc1CNC(=O)CN1CCN(c2ccc(F)cc2)CC1. The summed E-state index contributed by atoms with van der Waals surface area (Å²) in [5.74, 6) is -0.406. The lowest BCUT2D eigenvalue weighted by Crippen LogP contribution is -2.49. The first kappa shape index (κ1) is 22.2. The zero-order chi connectivity index (χ0) is 21.7. The Kier molecular flexibility index (Phi) is 7.06. The quantitative estimate of drug-likeness (QED) is 0.715. The summed E-state index contributed by atoms with van der Waals surface area (Å²) in [6, 6.07) is 13.1. The van der Waals surface area contributed by atoms with Crippen LogP contribution in [0, 0.1) is 5.82 Å². The number of sulfonamides is 1. The highest BCUT2D eigenvalue weighted by atomic mass is 32.2. The highest BCUT2D eigenvalue weighted by Crippen LogP contribution is 2.19. The lowest BCUT2D eigenvalue weighted by atomic mass is 10.2. The summed E-state index contributed by atoms with van der Waals surface area (Å²) in [6.07, 6.45) is 0. The Hall–Kier alpha value is -2.49. The molecule has 1 aliphatic heterocycles. The van der Waals surface area contributed by atoms with Crippen molar-refractivity contribution in [2.75, 3.05) is 51.7 Å². The zero-order valence-electron chi connectivity index (χ0n) is 17.2. The van der Waals surface area contributed by atoms with Crippen molar-refractivity contribution in [1.29, 1.82) is 0 Å². The van der Waals surface area contributed by atoms with Crippen molar-refractivity contribution in [2.24, 2.45) is 0 Å². The molecule has 1 N–H and O–H groups in total.